The first-order chi connectivity index (χ1) is 5.63. The number of aromatic nitrogens is 1. The van der Waals surface area contributed by atoms with Crippen LogP contribution >= 0.6 is 11.8 Å². The van der Waals surface area contributed by atoms with Crippen LogP contribution in [0.3, 0.4) is 0 Å². The van der Waals surface area contributed by atoms with Gasteiger partial charge in [-0.1, -0.05) is 0 Å². The molecule has 0 saturated carbocycles. The molecule has 1 heterocycles. The van der Waals surface area contributed by atoms with Crippen LogP contribution in [0.2, 0.25) is 0 Å². The number of nitriles is 1. The highest BCUT2D eigenvalue weighted by molar-refractivity contribution is 7.98. The van der Waals surface area contributed by atoms with Crippen molar-refractivity contribution in [2.75, 3.05) is 6.26 Å². The maximum atomic E-state index is 8.86. The Morgan fingerprint density at radius 3 is 2.25 bits per heavy atom. The van der Waals surface area contributed by atoms with Gasteiger partial charge >= 0.3 is 0 Å². The van der Waals surface area contributed by atoms with E-state index in [9.17, 15) is 0 Å². The molecule has 1 rings (SSSR count). The summed E-state index contributed by atoms with van der Waals surface area (Å²) in [6.07, 6.45) is 2.03. The summed E-state index contributed by atoms with van der Waals surface area (Å²) in [5, 5.41) is 10.0. The Morgan fingerprint density at radius 2 is 2.00 bits per heavy atom. The smallest absolute Gasteiger partial charge is 0.101 e. The molecule has 2 nitrogen and oxygen atoms in total. The summed E-state index contributed by atoms with van der Waals surface area (Å²) >= 11 is 1.68. The van der Waals surface area contributed by atoms with Crippen molar-refractivity contribution in [1.82, 2.24) is 4.57 Å². The third kappa shape index (κ3) is 1.12. The van der Waals surface area contributed by atoms with E-state index in [-0.39, 0.29) is 0 Å². The minimum Gasteiger partial charge on any atom is -0.342 e. The standard InChI is InChI=1S/C9H12N2S/c1-6-8(5-10)7(2)11(3)9(6)12-4/h1-4H3. The molecule has 0 radical (unpaired) electrons. The topological polar surface area (TPSA) is 28.7 Å². The lowest BCUT2D eigenvalue weighted by molar-refractivity contribution is 0.790. The van der Waals surface area contributed by atoms with Crippen LogP contribution in [0, 0.1) is 25.2 Å². The Hall–Kier alpha value is -0.880. The molecular formula is C9H12N2S. The Morgan fingerprint density at radius 1 is 1.42 bits per heavy atom. The Balaban J connectivity index is 3.45. The van der Waals surface area contributed by atoms with Crippen molar-refractivity contribution >= 4 is 11.8 Å². The first kappa shape index (κ1) is 9.21. The van der Waals surface area contributed by atoms with Crippen LogP contribution in [-0.4, -0.2) is 10.8 Å². The van der Waals surface area contributed by atoms with Crippen LogP contribution in [0.25, 0.3) is 0 Å². The molecule has 0 aliphatic carbocycles. The zero-order chi connectivity index (χ0) is 9.30. The number of nitrogens with zero attached hydrogens (tertiary/aromatic N) is 2. The lowest BCUT2D eigenvalue weighted by Gasteiger charge is -2.00. The molecule has 0 aliphatic rings. The number of hydrogen-bond donors (Lipinski definition) is 0. The molecule has 0 amide bonds. The summed E-state index contributed by atoms with van der Waals surface area (Å²) in [7, 11) is 2.00. The van der Waals surface area contributed by atoms with Crippen molar-refractivity contribution in [3.63, 3.8) is 0 Å². The lowest BCUT2D eigenvalue weighted by atomic mass is 10.2. The van der Waals surface area contributed by atoms with Gasteiger partial charge in [-0.05, 0) is 25.7 Å². The average molecular weight is 180 g/mol. The first-order valence-electron chi connectivity index (χ1n) is 3.73. The molecule has 1 aromatic rings. The van der Waals surface area contributed by atoms with Crippen molar-refractivity contribution in [3.8, 4) is 6.07 Å². The summed E-state index contributed by atoms with van der Waals surface area (Å²) in [6, 6.07) is 2.22. The summed E-state index contributed by atoms with van der Waals surface area (Å²) in [5.74, 6) is 0. The fraction of sp³-hybridized carbons (Fsp3) is 0.444. The molecule has 64 valence electrons. The van der Waals surface area contributed by atoms with Crippen LogP contribution < -0.4 is 0 Å². The molecule has 0 fully saturated rings. The molecule has 0 saturated heterocycles. The second-order valence-corrected chi connectivity index (χ2v) is 3.56. The van der Waals surface area contributed by atoms with E-state index in [2.05, 4.69) is 10.6 Å². The second-order valence-electron chi connectivity index (χ2n) is 2.77. The Labute approximate surface area is 77.2 Å². The highest BCUT2D eigenvalue weighted by Crippen LogP contribution is 2.26. The highest BCUT2D eigenvalue weighted by atomic mass is 32.2. The van der Waals surface area contributed by atoms with E-state index >= 15 is 0 Å². The SMILES string of the molecule is CSc1c(C)c(C#N)c(C)n1C. The zero-order valence-corrected chi connectivity index (χ0v) is 8.62. The van der Waals surface area contributed by atoms with Crippen LogP contribution in [0.5, 0.6) is 0 Å². The van der Waals surface area contributed by atoms with Crippen molar-refractivity contribution in [1.29, 1.82) is 5.26 Å². The number of rotatable bonds is 1. The van der Waals surface area contributed by atoms with Crippen LogP contribution in [0.4, 0.5) is 0 Å². The molecule has 0 atom stereocenters. The molecule has 0 aromatic carbocycles. The predicted octanol–water partition coefficient (Wildman–Crippen LogP) is 2.24. The normalized spacial score (nSPS) is 9.92. The van der Waals surface area contributed by atoms with Gasteiger partial charge in [0.15, 0.2) is 0 Å². The zero-order valence-electron chi connectivity index (χ0n) is 7.80. The molecule has 3 heteroatoms. The lowest BCUT2D eigenvalue weighted by Crippen LogP contribution is -1.92. The van der Waals surface area contributed by atoms with E-state index in [1.54, 1.807) is 11.8 Å². The van der Waals surface area contributed by atoms with Gasteiger partial charge in [0.2, 0.25) is 0 Å². The molecule has 0 unspecified atom stereocenters. The molecule has 0 aliphatic heterocycles. The van der Waals surface area contributed by atoms with Gasteiger partial charge in [0.1, 0.15) is 6.07 Å². The number of hydrogen-bond acceptors (Lipinski definition) is 2. The molecule has 0 spiro atoms. The van der Waals surface area contributed by atoms with Gasteiger partial charge in [-0.3, -0.25) is 0 Å². The fourth-order valence-electron chi connectivity index (χ4n) is 1.40. The van der Waals surface area contributed by atoms with Crippen LogP contribution in [0.15, 0.2) is 5.03 Å². The maximum Gasteiger partial charge on any atom is 0.101 e. The minimum absolute atomic E-state index is 0.821. The molecule has 0 N–H and O–H groups in total. The van der Waals surface area contributed by atoms with Gasteiger partial charge in [-0.15, -0.1) is 11.8 Å². The monoisotopic (exact) mass is 180 g/mol. The van der Waals surface area contributed by atoms with E-state index in [4.69, 9.17) is 5.26 Å². The van der Waals surface area contributed by atoms with E-state index in [1.807, 2.05) is 27.2 Å². The molecular weight excluding hydrogens is 168 g/mol. The third-order valence-corrected chi connectivity index (χ3v) is 3.14. The van der Waals surface area contributed by atoms with Crippen LogP contribution in [0.1, 0.15) is 16.8 Å². The van der Waals surface area contributed by atoms with Gasteiger partial charge in [0.05, 0.1) is 10.6 Å². The Bertz CT molecular complexity index is 344. The largest absolute Gasteiger partial charge is 0.342 e. The maximum absolute atomic E-state index is 8.86. The van der Waals surface area contributed by atoms with Gasteiger partial charge in [0, 0.05) is 12.7 Å². The van der Waals surface area contributed by atoms with E-state index < -0.39 is 0 Å². The summed E-state index contributed by atoms with van der Waals surface area (Å²) < 4.78 is 2.07. The second kappa shape index (κ2) is 3.24. The fourth-order valence-corrected chi connectivity index (χ4v) is 2.22. The van der Waals surface area contributed by atoms with Crippen molar-refractivity contribution in [2.24, 2.45) is 7.05 Å². The predicted molar refractivity (Wildman–Crippen MR) is 51.4 cm³/mol. The van der Waals surface area contributed by atoms with E-state index in [0.717, 1.165) is 16.8 Å². The Kier molecular flexibility index (Phi) is 2.49. The number of thioether (sulfide) groups is 1. The third-order valence-electron chi connectivity index (χ3n) is 2.17. The van der Waals surface area contributed by atoms with Gasteiger partial charge in [0.25, 0.3) is 0 Å². The quantitative estimate of drug-likeness (QED) is 0.620. The van der Waals surface area contributed by atoms with Crippen molar-refractivity contribution in [3.05, 3.63) is 16.8 Å². The summed E-state index contributed by atoms with van der Waals surface area (Å²) in [4.78, 5) is 0. The summed E-state index contributed by atoms with van der Waals surface area (Å²) in [6.45, 7) is 3.97. The molecule has 1 aromatic heterocycles. The van der Waals surface area contributed by atoms with Crippen molar-refractivity contribution < 1.29 is 0 Å². The summed E-state index contributed by atoms with van der Waals surface area (Å²) in [5.41, 5.74) is 2.98. The van der Waals surface area contributed by atoms with Crippen molar-refractivity contribution in [2.45, 2.75) is 18.9 Å². The van der Waals surface area contributed by atoms with E-state index in [0.29, 0.717) is 0 Å². The van der Waals surface area contributed by atoms with Gasteiger partial charge in [-0.2, -0.15) is 5.26 Å². The first-order valence-corrected chi connectivity index (χ1v) is 4.96. The molecule has 12 heavy (non-hydrogen) atoms. The molecule has 0 bridgehead atoms. The van der Waals surface area contributed by atoms with Crippen LogP contribution in [-0.2, 0) is 7.05 Å². The highest BCUT2D eigenvalue weighted by Gasteiger charge is 2.13. The van der Waals surface area contributed by atoms with Gasteiger partial charge in [-0.25, -0.2) is 0 Å². The average Bonchev–Trinajstić information content (AvgIpc) is 2.25. The minimum atomic E-state index is 0.821. The van der Waals surface area contributed by atoms with Gasteiger partial charge < -0.3 is 4.57 Å². The van der Waals surface area contributed by atoms with E-state index in [1.165, 1.54) is 5.03 Å².